The predicted molar refractivity (Wildman–Crippen MR) is 94.3 cm³/mol. The molecule has 0 fully saturated rings. The summed E-state index contributed by atoms with van der Waals surface area (Å²) in [5, 5.41) is 7.00. The minimum absolute atomic E-state index is 0.144. The summed E-state index contributed by atoms with van der Waals surface area (Å²) in [6.45, 7) is 1.79. The molecule has 6 heteroatoms. The van der Waals surface area contributed by atoms with Crippen LogP contribution in [0, 0.1) is 0 Å². The zero-order valence-corrected chi connectivity index (χ0v) is 13.6. The molecule has 1 aromatic heterocycles. The van der Waals surface area contributed by atoms with Gasteiger partial charge in [-0.1, -0.05) is 30.3 Å². The highest BCUT2D eigenvalue weighted by Crippen LogP contribution is 2.30. The van der Waals surface area contributed by atoms with Gasteiger partial charge in [0.05, 0.1) is 11.4 Å². The van der Waals surface area contributed by atoms with E-state index >= 15 is 0 Å². The van der Waals surface area contributed by atoms with Crippen molar-refractivity contribution in [2.75, 3.05) is 17.3 Å². The zero-order chi connectivity index (χ0) is 16.9. The standard InChI is InChI=1S/C18H19N5O/c1-14(23-13-19-12-20-23)18(24)21-16-10-6-7-11-17(16)22(2)15-8-4-3-5-9-15/h3-14H,1-2H3,(H,21,24)/t14-/m1/s1. The van der Waals surface area contributed by atoms with Gasteiger partial charge in [-0.2, -0.15) is 5.10 Å². The third kappa shape index (κ3) is 3.27. The summed E-state index contributed by atoms with van der Waals surface area (Å²) in [4.78, 5) is 18.4. The van der Waals surface area contributed by atoms with E-state index in [2.05, 4.69) is 15.4 Å². The van der Waals surface area contributed by atoms with Gasteiger partial charge < -0.3 is 10.2 Å². The van der Waals surface area contributed by atoms with E-state index in [9.17, 15) is 4.79 Å². The van der Waals surface area contributed by atoms with E-state index in [0.717, 1.165) is 17.1 Å². The van der Waals surface area contributed by atoms with Crippen molar-refractivity contribution in [2.24, 2.45) is 0 Å². The van der Waals surface area contributed by atoms with E-state index in [1.54, 1.807) is 6.92 Å². The Morgan fingerprint density at radius 2 is 1.83 bits per heavy atom. The largest absolute Gasteiger partial charge is 0.343 e. The quantitative estimate of drug-likeness (QED) is 0.783. The molecule has 3 rings (SSSR count). The molecule has 0 radical (unpaired) electrons. The van der Waals surface area contributed by atoms with E-state index < -0.39 is 6.04 Å². The van der Waals surface area contributed by atoms with Gasteiger partial charge in [-0.25, -0.2) is 9.67 Å². The van der Waals surface area contributed by atoms with Crippen molar-refractivity contribution in [3.8, 4) is 0 Å². The van der Waals surface area contributed by atoms with Crippen LogP contribution in [-0.4, -0.2) is 27.7 Å². The molecular formula is C18H19N5O. The number of nitrogens with zero attached hydrogens (tertiary/aromatic N) is 4. The fraction of sp³-hybridized carbons (Fsp3) is 0.167. The van der Waals surface area contributed by atoms with Crippen molar-refractivity contribution in [1.29, 1.82) is 0 Å². The van der Waals surface area contributed by atoms with Gasteiger partial charge in [0.1, 0.15) is 18.7 Å². The average Bonchev–Trinajstić information content (AvgIpc) is 3.16. The van der Waals surface area contributed by atoms with Crippen molar-refractivity contribution in [3.63, 3.8) is 0 Å². The Balaban J connectivity index is 1.83. The number of anilines is 3. The van der Waals surface area contributed by atoms with Crippen molar-refractivity contribution in [1.82, 2.24) is 14.8 Å². The van der Waals surface area contributed by atoms with Crippen molar-refractivity contribution in [3.05, 3.63) is 67.3 Å². The van der Waals surface area contributed by atoms with Crippen LogP contribution in [0.2, 0.25) is 0 Å². The minimum Gasteiger partial charge on any atom is -0.343 e. The van der Waals surface area contributed by atoms with Crippen LogP contribution in [0.4, 0.5) is 17.1 Å². The van der Waals surface area contributed by atoms with Crippen LogP contribution in [0.5, 0.6) is 0 Å². The maximum absolute atomic E-state index is 12.5. The second-order valence-electron chi connectivity index (χ2n) is 5.45. The summed E-state index contributed by atoms with van der Waals surface area (Å²) < 4.78 is 1.53. The molecular weight excluding hydrogens is 302 g/mol. The van der Waals surface area contributed by atoms with Crippen molar-refractivity contribution < 1.29 is 4.79 Å². The van der Waals surface area contributed by atoms with Crippen LogP contribution in [-0.2, 0) is 4.79 Å². The molecule has 0 spiro atoms. The maximum Gasteiger partial charge on any atom is 0.249 e. The SMILES string of the molecule is C[C@H](C(=O)Nc1ccccc1N(C)c1ccccc1)n1cncn1. The Hall–Kier alpha value is -3.15. The van der Waals surface area contributed by atoms with Gasteiger partial charge >= 0.3 is 0 Å². The van der Waals surface area contributed by atoms with Gasteiger partial charge in [0.2, 0.25) is 5.91 Å². The Labute approximate surface area is 140 Å². The van der Waals surface area contributed by atoms with Crippen LogP contribution in [0.15, 0.2) is 67.3 Å². The number of aromatic nitrogens is 3. The molecule has 0 saturated heterocycles. The van der Waals surface area contributed by atoms with Gasteiger partial charge in [0.25, 0.3) is 0 Å². The highest BCUT2D eigenvalue weighted by atomic mass is 16.2. The monoisotopic (exact) mass is 321 g/mol. The molecule has 6 nitrogen and oxygen atoms in total. The average molecular weight is 321 g/mol. The normalized spacial score (nSPS) is 11.8. The maximum atomic E-state index is 12.5. The van der Waals surface area contributed by atoms with Gasteiger partial charge in [0.15, 0.2) is 0 Å². The lowest BCUT2D eigenvalue weighted by Crippen LogP contribution is -2.25. The van der Waals surface area contributed by atoms with Crippen LogP contribution >= 0.6 is 0 Å². The lowest BCUT2D eigenvalue weighted by atomic mass is 10.2. The van der Waals surface area contributed by atoms with Crippen LogP contribution in [0.1, 0.15) is 13.0 Å². The van der Waals surface area contributed by atoms with E-state index in [1.807, 2.05) is 66.5 Å². The lowest BCUT2D eigenvalue weighted by Gasteiger charge is -2.23. The summed E-state index contributed by atoms with van der Waals surface area (Å²) in [6, 6.07) is 17.3. The third-order valence-electron chi connectivity index (χ3n) is 3.88. The van der Waals surface area contributed by atoms with Gasteiger partial charge in [-0.3, -0.25) is 4.79 Å². The number of benzene rings is 2. The first kappa shape index (κ1) is 15.7. The molecule has 1 heterocycles. The molecule has 122 valence electrons. The number of amides is 1. The molecule has 2 aromatic carbocycles. The summed E-state index contributed by atoms with van der Waals surface area (Å²) in [5.41, 5.74) is 2.71. The number of hydrogen-bond acceptors (Lipinski definition) is 4. The Bertz CT molecular complexity index is 801. The van der Waals surface area contributed by atoms with Gasteiger partial charge in [0, 0.05) is 12.7 Å². The highest BCUT2D eigenvalue weighted by Gasteiger charge is 2.18. The Kier molecular flexibility index (Phi) is 4.56. The molecule has 0 bridgehead atoms. The zero-order valence-electron chi connectivity index (χ0n) is 13.6. The second kappa shape index (κ2) is 6.95. The topological polar surface area (TPSA) is 63.1 Å². The lowest BCUT2D eigenvalue weighted by molar-refractivity contribution is -0.119. The molecule has 0 saturated carbocycles. The van der Waals surface area contributed by atoms with E-state index in [1.165, 1.54) is 17.3 Å². The Morgan fingerprint density at radius 3 is 2.54 bits per heavy atom. The first-order valence-corrected chi connectivity index (χ1v) is 7.69. The van der Waals surface area contributed by atoms with Gasteiger partial charge in [-0.15, -0.1) is 0 Å². The highest BCUT2D eigenvalue weighted by molar-refractivity contribution is 5.97. The smallest absolute Gasteiger partial charge is 0.249 e. The van der Waals surface area contributed by atoms with E-state index in [4.69, 9.17) is 0 Å². The number of nitrogens with one attached hydrogen (secondary N) is 1. The van der Waals surface area contributed by atoms with Crippen LogP contribution in [0.25, 0.3) is 0 Å². The summed E-state index contributed by atoms with van der Waals surface area (Å²) in [6.07, 6.45) is 2.95. The Morgan fingerprint density at radius 1 is 1.12 bits per heavy atom. The second-order valence-corrected chi connectivity index (χ2v) is 5.45. The molecule has 24 heavy (non-hydrogen) atoms. The van der Waals surface area contributed by atoms with E-state index in [-0.39, 0.29) is 5.91 Å². The molecule has 1 atom stereocenters. The van der Waals surface area contributed by atoms with Crippen LogP contribution in [0.3, 0.4) is 0 Å². The predicted octanol–water partition coefficient (Wildman–Crippen LogP) is 3.25. The fourth-order valence-corrected chi connectivity index (χ4v) is 2.44. The first-order chi connectivity index (χ1) is 11.7. The molecule has 1 N–H and O–H groups in total. The van der Waals surface area contributed by atoms with E-state index in [0.29, 0.717) is 0 Å². The molecule has 0 unspecified atom stereocenters. The number of hydrogen-bond donors (Lipinski definition) is 1. The summed E-state index contributed by atoms with van der Waals surface area (Å²) in [7, 11) is 1.97. The number of rotatable bonds is 5. The number of carbonyl (C=O) groups is 1. The third-order valence-corrected chi connectivity index (χ3v) is 3.88. The summed E-state index contributed by atoms with van der Waals surface area (Å²) >= 11 is 0. The molecule has 0 aliphatic heterocycles. The summed E-state index contributed by atoms with van der Waals surface area (Å²) in [5.74, 6) is -0.144. The van der Waals surface area contributed by atoms with Crippen LogP contribution < -0.4 is 10.2 Å². The number of para-hydroxylation sites is 3. The molecule has 0 aliphatic carbocycles. The molecule has 1 amide bonds. The molecule has 0 aliphatic rings. The minimum atomic E-state index is -0.442. The number of carbonyl (C=O) groups excluding carboxylic acids is 1. The van der Waals surface area contributed by atoms with Crippen molar-refractivity contribution in [2.45, 2.75) is 13.0 Å². The molecule has 3 aromatic rings. The first-order valence-electron chi connectivity index (χ1n) is 7.69. The fourth-order valence-electron chi connectivity index (χ4n) is 2.44. The van der Waals surface area contributed by atoms with Crippen molar-refractivity contribution >= 4 is 23.0 Å². The van der Waals surface area contributed by atoms with Gasteiger partial charge in [-0.05, 0) is 31.2 Å².